The molecule has 1 aliphatic rings. The average Bonchev–Trinajstić information content (AvgIpc) is 2.79. The minimum absolute atomic E-state index is 0.195. The van der Waals surface area contributed by atoms with Crippen molar-refractivity contribution >= 4 is 22.7 Å². The molecule has 100 valence electrons. The second kappa shape index (κ2) is 4.77. The fourth-order valence-corrected chi connectivity index (χ4v) is 3.03. The molecule has 0 bridgehead atoms. The summed E-state index contributed by atoms with van der Waals surface area (Å²) in [5.41, 5.74) is 2.00. The summed E-state index contributed by atoms with van der Waals surface area (Å²) < 4.78 is 13.4. The summed E-state index contributed by atoms with van der Waals surface area (Å²) in [5, 5.41) is 10.2. The molecule has 0 spiro atoms. The summed E-state index contributed by atoms with van der Waals surface area (Å²) in [7, 11) is 1.99. The maximum Gasteiger partial charge on any atom is 0.136 e. The second-order valence-corrected chi connectivity index (χ2v) is 5.96. The van der Waals surface area contributed by atoms with E-state index in [-0.39, 0.29) is 5.82 Å². The summed E-state index contributed by atoms with van der Waals surface area (Å²) in [6, 6.07) is 4.94. The van der Waals surface area contributed by atoms with Crippen LogP contribution in [0.5, 0.6) is 0 Å². The number of halogens is 1. The molecule has 0 N–H and O–H groups in total. The maximum absolute atomic E-state index is 13.4. The van der Waals surface area contributed by atoms with E-state index < -0.39 is 0 Å². The molecule has 0 unspecified atom stereocenters. The third-order valence-corrected chi connectivity index (χ3v) is 4.11. The van der Waals surface area contributed by atoms with E-state index in [1.807, 2.05) is 20.0 Å². The Hall–Kier alpha value is -1.69. The number of fused-ring (bicyclic) bond motifs is 1. The van der Waals surface area contributed by atoms with E-state index in [1.165, 1.54) is 6.07 Å². The summed E-state index contributed by atoms with van der Waals surface area (Å²) in [4.78, 5) is 4.31. The number of nitrogens with zero attached hydrogens (tertiary/aromatic N) is 4. The Bertz CT molecular complexity index is 598. The van der Waals surface area contributed by atoms with Crippen LogP contribution in [-0.2, 0) is 6.54 Å². The van der Waals surface area contributed by atoms with E-state index in [0.717, 1.165) is 41.0 Å². The Balaban J connectivity index is 1.90. The van der Waals surface area contributed by atoms with Crippen molar-refractivity contribution in [3.63, 3.8) is 0 Å². The van der Waals surface area contributed by atoms with Gasteiger partial charge in [0.05, 0.1) is 17.9 Å². The highest BCUT2D eigenvalue weighted by Gasteiger charge is 2.21. The van der Waals surface area contributed by atoms with Crippen LogP contribution in [0.25, 0.3) is 0 Å². The lowest BCUT2D eigenvalue weighted by molar-refractivity contribution is 0.624. The van der Waals surface area contributed by atoms with Gasteiger partial charge >= 0.3 is 0 Å². The van der Waals surface area contributed by atoms with Gasteiger partial charge in [0, 0.05) is 20.1 Å². The number of aromatic nitrogens is 2. The van der Waals surface area contributed by atoms with Crippen molar-refractivity contribution < 1.29 is 4.39 Å². The van der Waals surface area contributed by atoms with Crippen LogP contribution in [0.1, 0.15) is 10.0 Å². The smallest absolute Gasteiger partial charge is 0.136 e. The van der Waals surface area contributed by atoms with Crippen molar-refractivity contribution in [2.75, 3.05) is 29.9 Å². The average molecular weight is 278 g/mol. The van der Waals surface area contributed by atoms with E-state index in [2.05, 4.69) is 20.0 Å². The number of aryl methyl sites for hydroxylation is 1. The molecule has 0 radical (unpaired) electrons. The number of anilines is 2. The SMILES string of the molecule is Cc1nnc(CN2CCN(C)c3cc(F)ccc32)s1. The van der Waals surface area contributed by atoms with Crippen molar-refractivity contribution in [2.45, 2.75) is 13.5 Å². The molecular weight excluding hydrogens is 263 g/mol. The van der Waals surface area contributed by atoms with Gasteiger partial charge in [0.2, 0.25) is 0 Å². The third kappa shape index (κ3) is 2.40. The zero-order chi connectivity index (χ0) is 13.4. The van der Waals surface area contributed by atoms with Crippen molar-refractivity contribution in [2.24, 2.45) is 0 Å². The molecule has 0 fully saturated rings. The first-order valence-electron chi connectivity index (χ1n) is 6.18. The topological polar surface area (TPSA) is 32.3 Å². The molecule has 0 saturated carbocycles. The summed E-state index contributed by atoms with van der Waals surface area (Å²) >= 11 is 1.61. The molecule has 1 aliphatic heterocycles. The monoisotopic (exact) mass is 278 g/mol. The molecule has 0 amide bonds. The van der Waals surface area contributed by atoms with Crippen LogP contribution in [0.15, 0.2) is 18.2 Å². The van der Waals surface area contributed by atoms with Crippen molar-refractivity contribution in [3.8, 4) is 0 Å². The first-order valence-corrected chi connectivity index (χ1v) is 7.00. The molecule has 2 aromatic rings. The van der Waals surface area contributed by atoms with Crippen molar-refractivity contribution in [3.05, 3.63) is 34.0 Å². The van der Waals surface area contributed by atoms with Gasteiger partial charge in [-0.1, -0.05) is 11.3 Å². The van der Waals surface area contributed by atoms with Crippen LogP contribution in [-0.4, -0.2) is 30.3 Å². The molecule has 6 heteroatoms. The number of hydrogen-bond acceptors (Lipinski definition) is 5. The molecule has 1 aromatic carbocycles. The summed E-state index contributed by atoms with van der Waals surface area (Å²) in [6.07, 6.45) is 0. The van der Waals surface area contributed by atoms with Gasteiger partial charge < -0.3 is 9.80 Å². The highest BCUT2D eigenvalue weighted by atomic mass is 32.1. The molecule has 0 aliphatic carbocycles. The predicted molar refractivity (Wildman–Crippen MR) is 75.4 cm³/mol. The maximum atomic E-state index is 13.4. The van der Waals surface area contributed by atoms with Gasteiger partial charge in [-0.25, -0.2) is 4.39 Å². The zero-order valence-electron chi connectivity index (χ0n) is 10.9. The molecule has 2 heterocycles. The quantitative estimate of drug-likeness (QED) is 0.844. The Morgan fingerprint density at radius 2 is 2.11 bits per heavy atom. The summed E-state index contributed by atoms with van der Waals surface area (Å²) in [5.74, 6) is -0.195. The van der Waals surface area contributed by atoms with Gasteiger partial charge in [-0.15, -0.1) is 10.2 Å². The summed E-state index contributed by atoms with van der Waals surface area (Å²) in [6.45, 7) is 4.48. The molecular formula is C13H15FN4S. The predicted octanol–water partition coefficient (Wildman–Crippen LogP) is 2.44. The van der Waals surface area contributed by atoms with Crippen LogP contribution >= 0.6 is 11.3 Å². The molecule has 19 heavy (non-hydrogen) atoms. The van der Waals surface area contributed by atoms with Crippen LogP contribution in [0.3, 0.4) is 0 Å². The molecule has 4 nitrogen and oxygen atoms in total. The number of rotatable bonds is 2. The fourth-order valence-electron chi connectivity index (χ4n) is 2.31. The number of likely N-dealkylation sites (N-methyl/N-ethyl adjacent to an activating group) is 1. The van der Waals surface area contributed by atoms with E-state index in [0.29, 0.717) is 0 Å². The molecule has 3 rings (SSSR count). The number of benzene rings is 1. The van der Waals surface area contributed by atoms with Gasteiger partial charge in [0.15, 0.2) is 0 Å². The van der Waals surface area contributed by atoms with Gasteiger partial charge in [0.1, 0.15) is 15.8 Å². The van der Waals surface area contributed by atoms with Crippen LogP contribution in [0.4, 0.5) is 15.8 Å². The van der Waals surface area contributed by atoms with Crippen LogP contribution in [0, 0.1) is 12.7 Å². The first-order chi connectivity index (χ1) is 9.13. The lowest BCUT2D eigenvalue weighted by Gasteiger charge is -2.36. The largest absolute Gasteiger partial charge is 0.371 e. The minimum Gasteiger partial charge on any atom is -0.371 e. The normalized spacial score (nSPS) is 14.7. The van der Waals surface area contributed by atoms with E-state index in [4.69, 9.17) is 0 Å². The Kier molecular flexibility index (Phi) is 3.10. The molecule has 0 atom stereocenters. The van der Waals surface area contributed by atoms with Gasteiger partial charge in [-0.3, -0.25) is 0 Å². The lowest BCUT2D eigenvalue weighted by atomic mass is 10.1. The molecule has 0 saturated heterocycles. The van der Waals surface area contributed by atoms with Crippen LogP contribution < -0.4 is 9.80 Å². The highest BCUT2D eigenvalue weighted by Crippen LogP contribution is 2.33. The first kappa shape index (κ1) is 12.3. The highest BCUT2D eigenvalue weighted by molar-refractivity contribution is 7.11. The van der Waals surface area contributed by atoms with Crippen molar-refractivity contribution in [1.82, 2.24) is 10.2 Å². The van der Waals surface area contributed by atoms with Crippen molar-refractivity contribution in [1.29, 1.82) is 0 Å². The Labute approximate surface area is 115 Å². The third-order valence-electron chi connectivity index (χ3n) is 3.29. The van der Waals surface area contributed by atoms with Crippen LogP contribution in [0.2, 0.25) is 0 Å². The zero-order valence-corrected chi connectivity index (χ0v) is 11.7. The Morgan fingerprint density at radius 3 is 2.84 bits per heavy atom. The van der Waals surface area contributed by atoms with E-state index in [9.17, 15) is 4.39 Å². The fraction of sp³-hybridized carbons (Fsp3) is 0.385. The van der Waals surface area contributed by atoms with E-state index >= 15 is 0 Å². The van der Waals surface area contributed by atoms with Gasteiger partial charge in [-0.05, 0) is 25.1 Å². The Morgan fingerprint density at radius 1 is 1.26 bits per heavy atom. The van der Waals surface area contributed by atoms with Gasteiger partial charge in [0.25, 0.3) is 0 Å². The molecule has 1 aromatic heterocycles. The minimum atomic E-state index is -0.195. The second-order valence-electron chi connectivity index (χ2n) is 4.69. The van der Waals surface area contributed by atoms with Gasteiger partial charge in [-0.2, -0.15) is 0 Å². The standard InChI is InChI=1S/C13H15FN4S/c1-9-15-16-13(19-9)8-18-6-5-17(2)12-7-10(14)3-4-11(12)18/h3-4,7H,5-6,8H2,1-2H3. The number of hydrogen-bond donors (Lipinski definition) is 0. The van der Waals surface area contributed by atoms with E-state index in [1.54, 1.807) is 17.4 Å². The lowest BCUT2D eigenvalue weighted by Crippen LogP contribution is -2.38.